The summed E-state index contributed by atoms with van der Waals surface area (Å²) in [6, 6.07) is 5.00. The minimum Gasteiger partial charge on any atom is -0.497 e. The quantitative estimate of drug-likeness (QED) is 0.878. The maximum atomic E-state index is 11.8. The molecule has 1 amide bonds. The van der Waals surface area contributed by atoms with Gasteiger partial charge in [0.15, 0.2) is 0 Å². The highest BCUT2D eigenvalue weighted by atomic mass is 79.9. The van der Waals surface area contributed by atoms with E-state index >= 15 is 0 Å². The fourth-order valence-corrected chi connectivity index (χ4v) is 2.15. The van der Waals surface area contributed by atoms with Crippen LogP contribution in [0.15, 0.2) is 22.7 Å². The van der Waals surface area contributed by atoms with E-state index in [-0.39, 0.29) is 18.2 Å². The van der Waals surface area contributed by atoms with Crippen molar-refractivity contribution in [2.75, 3.05) is 25.7 Å². The van der Waals surface area contributed by atoms with E-state index in [2.05, 4.69) is 21.2 Å². The molecule has 0 saturated carbocycles. The summed E-state index contributed by atoms with van der Waals surface area (Å²) in [6.45, 7) is 0.0846. The molecule has 0 aromatic heterocycles. The summed E-state index contributed by atoms with van der Waals surface area (Å²) in [4.78, 5) is 11.8. The Labute approximate surface area is 115 Å². The maximum Gasteiger partial charge on any atom is 0.252 e. The standard InChI is InChI=1S/C11H14BrNO4S/c1-17-8-3-4-10(12)9(7-8)11(14)13-5-6-18(2,15)16/h3-4,7H,5-6H2,1-2H3,(H,13,14). The fraction of sp³-hybridized carbons (Fsp3) is 0.364. The van der Waals surface area contributed by atoms with Crippen molar-refractivity contribution >= 4 is 31.7 Å². The first kappa shape index (κ1) is 15.0. The van der Waals surface area contributed by atoms with Gasteiger partial charge in [0, 0.05) is 17.3 Å². The molecule has 0 spiro atoms. The zero-order valence-electron chi connectivity index (χ0n) is 10.1. The van der Waals surface area contributed by atoms with Crippen LogP contribution in [0, 0.1) is 0 Å². The summed E-state index contributed by atoms with van der Waals surface area (Å²) in [6.07, 6.45) is 1.13. The first-order chi connectivity index (χ1) is 8.33. The van der Waals surface area contributed by atoms with Crippen LogP contribution in [-0.2, 0) is 9.84 Å². The van der Waals surface area contributed by atoms with E-state index in [1.165, 1.54) is 7.11 Å². The van der Waals surface area contributed by atoms with Crippen LogP contribution in [0.5, 0.6) is 5.75 Å². The van der Waals surface area contributed by atoms with Gasteiger partial charge < -0.3 is 10.1 Å². The van der Waals surface area contributed by atoms with Gasteiger partial charge in [-0.1, -0.05) is 0 Å². The number of amides is 1. The lowest BCUT2D eigenvalue weighted by atomic mass is 10.2. The van der Waals surface area contributed by atoms with Crippen molar-refractivity contribution in [2.45, 2.75) is 0 Å². The second kappa shape index (κ2) is 6.19. The highest BCUT2D eigenvalue weighted by Crippen LogP contribution is 2.22. The Morgan fingerprint density at radius 1 is 1.44 bits per heavy atom. The number of carbonyl (C=O) groups excluding carboxylic acids is 1. The summed E-state index contributed by atoms with van der Waals surface area (Å²) in [5.74, 6) is 0.135. The van der Waals surface area contributed by atoms with Crippen molar-refractivity contribution in [3.63, 3.8) is 0 Å². The Kier molecular flexibility index (Phi) is 5.15. The third-order valence-electron chi connectivity index (χ3n) is 2.18. The number of ether oxygens (including phenoxy) is 1. The number of hydrogen-bond acceptors (Lipinski definition) is 4. The van der Waals surface area contributed by atoms with Gasteiger partial charge in [-0.15, -0.1) is 0 Å². The predicted molar refractivity (Wildman–Crippen MR) is 72.7 cm³/mol. The Morgan fingerprint density at radius 3 is 2.67 bits per heavy atom. The normalized spacial score (nSPS) is 11.1. The minimum absolute atomic E-state index is 0.0830. The van der Waals surface area contributed by atoms with Gasteiger partial charge in [0.2, 0.25) is 0 Å². The van der Waals surface area contributed by atoms with E-state index in [1.54, 1.807) is 18.2 Å². The number of rotatable bonds is 5. The van der Waals surface area contributed by atoms with Gasteiger partial charge in [-0.2, -0.15) is 0 Å². The Balaban J connectivity index is 2.72. The van der Waals surface area contributed by atoms with Gasteiger partial charge in [-0.25, -0.2) is 8.42 Å². The molecule has 1 rings (SSSR count). The number of nitrogens with one attached hydrogen (secondary N) is 1. The molecule has 1 aromatic rings. The summed E-state index contributed by atoms with van der Waals surface area (Å²) < 4.78 is 27.5. The average Bonchev–Trinajstić information content (AvgIpc) is 2.27. The lowest BCUT2D eigenvalue weighted by molar-refractivity contribution is 0.0955. The highest BCUT2D eigenvalue weighted by Gasteiger charge is 2.11. The van der Waals surface area contributed by atoms with Crippen LogP contribution in [-0.4, -0.2) is 40.0 Å². The number of methoxy groups -OCH3 is 1. The third kappa shape index (κ3) is 4.66. The number of hydrogen-bond donors (Lipinski definition) is 1. The summed E-state index contributed by atoms with van der Waals surface area (Å²) in [5, 5.41) is 2.54. The number of carbonyl (C=O) groups is 1. The lowest BCUT2D eigenvalue weighted by Crippen LogP contribution is -2.29. The second-order valence-electron chi connectivity index (χ2n) is 3.73. The topological polar surface area (TPSA) is 72.5 Å². The van der Waals surface area contributed by atoms with Crippen LogP contribution >= 0.6 is 15.9 Å². The van der Waals surface area contributed by atoms with Crippen molar-refractivity contribution in [2.24, 2.45) is 0 Å². The molecule has 0 aliphatic rings. The molecule has 18 heavy (non-hydrogen) atoms. The molecule has 0 fully saturated rings. The van der Waals surface area contributed by atoms with Crippen LogP contribution in [0.25, 0.3) is 0 Å². The van der Waals surface area contributed by atoms with Crippen LogP contribution in [0.2, 0.25) is 0 Å². The Hall–Kier alpha value is -1.08. The van der Waals surface area contributed by atoms with Crippen LogP contribution < -0.4 is 10.1 Å². The maximum absolute atomic E-state index is 11.8. The third-order valence-corrected chi connectivity index (χ3v) is 3.81. The van der Waals surface area contributed by atoms with Crippen molar-refractivity contribution in [1.82, 2.24) is 5.32 Å². The monoisotopic (exact) mass is 335 g/mol. The average molecular weight is 336 g/mol. The first-order valence-electron chi connectivity index (χ1n) is 5.13. The number of sulfone groups is 1. The van der Waals surface area contributed by atoms with Gasteiger partial charge in [-0.05, 0) is 34.1 Å². The molecule has 7 heteroatoms. The van der Waals surface area contributed by atoms with E-state index < -0.39 is 9.84 Å². The molecule has 0 aliphatic heterocycles. The fourth-order valence-electron chi connectivity index (χ4n) is 1.25. The molecule has 0 heterocycles. The molecule has 1 N–H and O–H groups in total. The SMILES string of the molecule is COc1ccc(Br)c(C(=O)NCCS(C)(=O)=O)c1. The molecule has 1 aromatic carbocycles. The Bertz CT molecular complexity index is 542. The highest BCUT2D eigenvalue weighted by molar-refractivity contribution is 9.10. The van der Waals surface area contributed by atoms with E-state index in [1.807, 2.05) is 0 Å². The molecular formula is C11H14BrNO4S. The van der Waals surface area contributed by atoms with Gasteiger partial charge in [0.25, 0.3) is 5.91 Å². The molecule has 0 saturated heterocycles. The van der Waals surface area contributed by atoms with E-state index in [9.17, 15) is 13.2 Å². The molecule has 0 unspecified atom stereocenters. The zero-order chi connectivity index (χ0) is 13.8. The second-order valence-corrected chi connectivity index (χ2v) is 6.85. The van der Waals surface area contributed by atoms with Gasteiger partial charge in [0.1, 0.15) is 15.6 Å². The van der Waals surface area contributed by atoms with Crippen LogP contribution in [0.4, 0.5) is 0 Å². The number of benzene rings is 1. The van der Waals surface area contributed by atoms with E-state index in [0.717, 1.165) is 6.26 Å². The summed E-state index contributed by atoms with van der Waals surface area (Å²) in [7, 11) is -1.57. The van der Waals surface area contributed by atoms with Crippen molar-refractivity contribution in [3.05, 3.63) is 28.2 Å². The largest absolute Gasteiger partial charge is 0.497 e. The van der Waals surface area contributed by atoms with E-state index in [0.29, 0.717) is 15.8 Å². The first-order valence-corrected chi connectivity index (χ1v) is 7.98. The van der Waals surface area contributed by atoms with Gasteiger partial charge >= 0.3 is 0 Å². The van der Waals surface area contributed by atoms with Gasteiger partial charge in [-0.3, -0.25) is 4.79 Å². The molecule has 5 nitrogen and oxygen atoms in total. The van der Waals surface area contributed by atoms with Gasteiger partial charge in [0.05, 0.1) is 18.4 Å². The number of halogens is 1. The molecule has 0 bridgehead atoms. The smallest absolute Gasteiger partial charge is 0.252 e. The van der Waals surface area contributed by atoms with Crippen LogP contribution in [0.1, 0.15) is 10.4 Å². The summed E-state index contributed by atoms with van der Waals surface area (Å²) in [5.41, 5.74) is 0.405. The minimum atomic E-state index is -3.08. The molecular weight excluding hydrogens is 322 g/mol. The molecule has 0 aliphatic carbocycles. The molecule has 0 atom stereocenters. The molecule has 100 valence electrons. The van der Waals surface area contributed by atoms with Crippen molar-refractivity contribution < 1.29 is 17.9 Å². The lowest BCUT2D eigenvalue weighted by Gasteiger charge is -2.08. The summed E-state index contributed by atoms with van der Waals surface area (Å²) >= 11 is 3.26. The van der Waals surface area contributed by atoms with E-state index in [4.69, 9.17) is 4.74 Å². The van der Waals surface area contributed by atoms with Crippen molar-refractivity contribution in [3.8, 4) is 5.75 Å². The predicted octanol–water partition coefficient (Wildman–Crippen LogP) is 1.23. The molecule has 0 radical (unpaired) electrons. The van der Waals surface area contributed by atoms with Crippen LogP contribution in [0.3, 0.4) is 0 Å². The van der Waals surface area contributed by atoms with Crippen molar-refractivity contribution in [1.29, 1.82) is 0 Å². The Morgan fingerprint density at radius 2 is 2.11 bits per heavy atom. The zero-order valence-corrected chi connectivity index (χ0v) is 12.5.